The van der Waals surface area contributed by atoms with E-state index >= 15 is 0 Å². The highest BCUT2D eigenvalue weighted by molar-refractivity contribution is 9.49. The van der Waals surface area contributed by atoms with Gasteiger partial charge < -0.3 is 0 Å². The van der Waals surface area contributed by atoms with Crippen molar-refractivity contribution in [2.45, 2.75) is 13.2 Å². The lowest BCUT2D eigenvalue weighted by Gasteiger charge is -2.00. The molecule has 0 spiro atoms. The van der Waals surface area contributed by atoms with Gasteiger partial charge in [0, 0.05) is 0 Å². The van der Waals surface area contributed by atoms with Crippen LogP contribution in [0.4, 0.5) is 0 Å². The van der Waals surface area contributed by atoms with Crippen LogP contribution in [0.25, 0.3) is 0 Å². The van der Waals surface area contributed by atoms with Crippen molar-refractivity contribution in [2.24, 2.45) is 0 Å². The quantitative estimate of drug-likeness (QED) is 0.726. The minimum Gasteiger partial charge on any atom is -0.139 e. The first-order valence-electron chi connectivity index (χ1n) is 3.52. The van der Waals surface area contributed by atoms with Crippen molar-refractivity contribution < 1.29 is 0 Å². The minimum absolute atomic E-state index is 0.386. The predicted molar refractivity (Wildman–Crippen MR) is 58.5 cm³/mol. The fourth-order valence-corrected chi connectivity index (χ4v) is 1.76. The summed E-state index contributed by atoms with van der Waals surface area (Å²) in [5.41, 5.74) is 2.69. The normalized spacial score (nSPS) is 9.73. The first kappa shape index (κ1) is 9.33. The molecule has 0 radical (unpaired) electrons. The van der Waals surface area contributed by atoms with Crippen molar-refractivity contribution in [2.75, 3.05) is 0 Å². The van der Waals surface area contributed by atoms with E-state index in [-0.39, 0.29) is 0 Å². The molecule has 0 aliphatic rings. The molecule has 0 N–H and O–H groups in total. The first-order valence-corrected chi connectivity index (χ1v) is 5.35. The first-order chi connectivity index (χ1) is 5.18. The Morgan fingerprint density at radius 3 is 2.64 bits per heavy atom. The molecule has 0 unspecified atom stereocenters. The Bertz CT molecular complexity index is 235. The lowest BCUT2D eigenvalue weighted by Crippen LogP contribution is -1.97. The monoisotopic (exact) mass is 274 g/mol. The number of rotatable bonds is 2. The maximum Gasteiger partial charge on any atom is 0.302 e. The van der Waals surface area contributed by atoms with Crippen LogP contribution in [0, 0.1) is 6.92 Å². The summed E-state index contributed by atoms with van der Waals surface area (Å²) in [6.07, 6.45) is 1.03. The Hall–Kier alpha value is 0.245. The highest BCUT2D eigenvalue weighted by Crippen LogP contribution is 2.12. The molecule has 3 heteroatoms. The highest BCUT2D eigenvalue weighted by atomic mass is 79.9. The van der Waals surface area contributed by atoms with Crippen LogP contribution in [0.2, 0.25) is 0 Å². The van der Waals surface area contributed by atoms with Crippen LogP contribution in [-0.2, 0) is 6.32 Å². The van der Waals surface area contributed by atoms with Crippen molar-refractivity contribution in [3.8, 4) is 0 Å². The molecule has 0 heterocycles. The van der Waals surface area contributed by atoms with E-state index in [2.05, 4.69) is 62.7 Å². The van der Waals surface area contributed by atoms with Gasteiger partial charge in [0.15, 0.2) is 0 Å². The van der Waals surface area contributed by atoms with Crippen LogP contribution in [0.15, 0.2) is 24.3 Å². The van der Waals surface area contributed by atoms with Crippen LogP contribution < -0.4 is 0 Å². The largest absolute Gasteiger partial charge is 0.302 e. The van der Waals surface area contributed by atoms with Crippen LogP contribution in [0.5, 0.6) is 0 Å². The maximum absolute atomic E-state index is 3.45. The van der Waals surface area contributed by atoms with Gasteiger partial charge in [0.2, 0.25) is 0 Å². The van der Waals surface area contributed by atoms with Gasteiger partial charge in [0.25, 0.3) is 0 Å². The van der Waals surface area contributed by atoms with E-state index in [1.807, 2.05) is 0 Å². The summed E-state index contributed by atoms with van der Waals surface area (Å²) in [5, 5.41) is 0. The van der Waals surface area contributed by atoms with Crippen molar-refractivity contribution >= 4 is 35.9 Å². The molecule has 1 aromatic rings. The Balaban J connectivity index is 2.71. The summed E-state index contributed by atoms with van der Waals surface area (Å²) < 4.78 is 0.386. The zero-order valence-corrected chi connectivity index (χ0v) is 9.52. The summed E-state index contributed by atoms with van der Waals surface area (Å²) in [5.74, 6) is 0. The van der Waals surface area contributed by atoms with Crippen LogP contribution in [-0.4, -0.2) is 4.36 Å². The molecule has 1 rings (SSSR count). The molecule has 11 heavy (non-hydrogen) atoms. The fourth-order valence-electron chi connectivity index (χ4n) is 1.02. The number of benzene rings is 1. The summed E-state index contributed by atoms with van der Waals surface area (Å²) >= 11 is 6.90. The lowest BCUT2D eigenvalue weighted by molar-refractivity contribution is 1.34. The molecule has 0 aromatic heterocycles. The molecule has 0 atom stereocenters. The smallest absolute Gasteiger partial charge is 0.139 e. The predicted octanol–water partition coefficient (Wildman–Crippen LogP) is 3.35. The Morgan fingerprint density at radius 1 is 1.36 bits per heavy atom. The van der Waals surface area contributed by atoms with Crippen LogP contribution in [0.3, 0.4) is 0 Å². The third-order valence-corrected chi connectivity index (χ3v) is 2.12. The van der Waals surface area contributed by atoms with Gasteiger partial charge in [-0.2, -0.15) is 0 Å². The third-order valence-electron chi connectivity index (χ3n) is 1.47. The lowest BCUT2D eigenvalue weighted by atomic mass is 9.95. The second-order valence-electron chi connectivity index (χ2n) is 2.58. The van der Waals surface area contributed by atoms with Gasteiger partial charge in [-0.25, -0.2) is 0 Å². The van der Waals surface area contributed by atoms with E-state index in [0.29, 0.717) is 4.36 Å². The van der Waals surface area contributed by atoms with Crippen molar-refractivity contribution in [1.82, 2.24) is 0 Å². The Kier molecular flexibility index (Phi) is 3.66. The van der Waals surface area contributed by atoms with Crippen LogP contribution in [0.1, 0.15) is 11.1 Å². The van der Waals surface area contributed by atoms with Gasteiger partial charge in [-0.1, -0.05) is 35.4 Å². The van der Waals surface area contributed by atoms with E-state index < -0.39 is 0 Å². The number of hydrogen-bond acceptors (Lipinski definition) is 0. The molecule has 0 bridgehead atoms. The fraction of sp³-hybridized carbons (Fsp3) is 0.250. The van der Waals surface area contributed by atoms with E-state index in [1.54, 1.807) is 0 Å². The van der Waals surface area contributed by atoms with Crippen molar-refractivity contribution in [1.29, 1.82) is 0 Å². The van der Waals surface area contributed by atoms with E-state index in [9.17, 15) is 0 Å². The van der Waals surface area contributed by atoms with Gasteiger partial charge >= 0.3 is 4.36 Å². The summed E-state index contributed by atoms with van der Waals surface area (Å²) in [6.45, 7) is 2.11. The number of hydrogen-bond donors (Lipinski definition) is 0. The summed E-state index contributed by atoms with van der Waals surface area (Å²) in [7, 11) is 0. The molecule has 0 saturated carbocycles. The van der Waals surface area contributed by atoms with Gasteiger partial charge in [0.05, 0.1) is 0 Å². The van der Waals surface area contributed by atoms with Crippen molar-refractivity contribution in [3.05, 3.63) is 35.4 Å². The topological polar surface area (TPSA) is 0 Å². The molecule has 0 aliphatic carbocycles. The molecule has 1 aromatic carbocycles. The van der Waals surface area contributed by atoms with E-state index in [1.165, 1.54) is 11.1 Å². The maximum atomic E-state index is 3.45. The molecule has 0 saturated heterocycles. The van der Waals surface area contributed by atoms with Gasteiger partial charge in [-0.15, -0.1) is 31.5 Å². The Morgan fingerprint density at radius 2 is 2.09 bits per heavy atom. The second-order valence-corrected chi connectivity index (χ2v) is 6.02. The van der Waals surface area contributed by atoms with Crippen LogP contribution >= 0.6 is 31.5 Å². The molecule has 0 fully saturated rings. The highest BCUT2D eigenvalue weighted by Gasteiger charge is 2.04. The average Bonchev–Trinajstić information content (AvgIpc) is 1.85. The molecular weight excluding hydrogens is 267 g/mol. The molecule has 58 valence electrons. The Labute approximate surface area is 84.4 Å². The zero-order chi connectivity index (χ0) is 8.27. The van der Waals surface area contributed by atoms with Gasteiger partial charge in [-0.3, -0.25) is 0 Å². The minimum atomic E-state index is 0.386. The van der Waals surface area contributed by atoms with Gasteiger partial charge in [-0.05, 0) is 13.2 Å². The standard InChI is InChI=1S/C8H9BBr2/c1-7-3-2-4-8(5-7)6-9(10)11/h2-5H,6H2,1H3. The van der Waals surface area contributed by atoms with E-state index in [0.717, 1.165) is 6.32 Å². The SMILES string of the molecule is Cc1cccc(CB(Br)Br)c1. The third kappa shape index (κ3) is 3.43. The summed E-state index contributed by atoms with van der Waals surface area (Å²) in [6, 6.07) is 8.55. The van der Waals surface area contributed by atoms with E-state index in [4.69, 9.17) is 0 Å². The molecule has 0 amide bonds. The number of halogens is 2. The molecular formula is C8H9BBr2. The average molecular weight is 276 g/mol. The van der Waals surface area contributed by atoms with Gasteiger partial charge in [0.1, 0.15) is 0 Å². The zero-order valence-electron chi connectivity index (χ0n) is 6.35. The molecule has 0 nitrogen and oxygen atoms in total. The second kappa shape index (κ2) is 4.32. The molecule has 0 aliphatic heterocycles. The van der Waals surface area contributed by atoms with Crippen molar-refractivity contribution in [3.63, 3.8) is 0 Å². The summed E-state index contributed by atoms with van der Waals surface area (Å²) in [4.78, 5) is 0. The number of aryl methyl sites for hydroxylation is 1.